The Kier molecular flexibility index (Phi) is 6.45. The molecule has 12 heteroatoms. The minimum atomic E-state index is -4.22. The van der Waals surface area contributed by atoms with Gasteiger partial charge in [0, 0.05) is 31.0 Å². The standard InChI is InChI=1S/C14H18FN3O7S/c15-4-9-5-16-6-10(9)8-25-13-2-1-11(3-12(13)18(21)22)26(23,24)17-7-14(19)20/h1-3,9-10,16-17H,4-8H2,(H,19,20)/t9-,10+/m1/s1. The molecule has 0 bridgehead atoms. The van der Waals surface area contributed by atoms with E-state index in [2.05, 4.69) is 5.32 Å². The lowest BCUT2D eigenvalue weighted by atomic mass is 9.98. The van der Waals surface area contributed by atoms with Crippen molar-refractivity contribution in [2.45, 2.75) is 4.90 Å². The number of nitrogens with one attached hydrogen (secondary N) is 2. The molecule has 1 aromatic rings. The lowest BCUT2D eigenvalue weighted by Gasteiger charge is -2.16. The number of sulfonamides is 1. The van der Waals surface area contributed by atoms with Crippen LogP contribution in [-0.4, -0.2) is 57.3 Å². The average molecular weight is 391 g/mol. The van der Waals surface area contributed by atoms with E-state index in [4.69, 9.17) is 9.84 Å². The molecule has 2 rings (SSSR count). The van der Waals surface area contributed by atoms with E-state index in [-0.39, 0.29) is 24.2 Å². The van der Waals surface area contributed by atoms with Gasteiger partial charge in [-0.3, -0.25) is 19.3 Å². The molecule has 0 amide bonds. The van der Waals surface area contributed by atoms with Crippen LogP contribution in [0.3, 0.4) is 0 Å². The molecule has 1 saturated heterocycles. The minimum Gasteiger partial charge on any atom is -0.486 e. The number of alkyl halides is 1. The van der Waals surface area contributed by atoms with Gasteiger partial charge in [0.1, 0.15) is 6.54 Å². The van der Waals surface area contributed by atoms with Gasteiger partial charge in [0.25, 0.3) is 0 Å². The Hall–Kier alpha value is -2.31. The van der Waals surface area contributed by atoms with Gasteiger partial charge < -0.3 is 15.2 Å². The molecule has 26 heavy (non-hydrogen) atoms. The first-order chi connectivity index (χ1) is 12.2. The lowest BCUT2D eigenvalue weighted by Crippen LogP contribution is -2.29. The van der Waals surface area contributed by atoms with E-state index in [0.29, 0.717) is 13.1 Å². The van der Waals surface area contributed by atoms with Crippen molar-refractivity contribution in [3.63, 3.8) is 0 Å². The number of carbonyl (C=O) groups is 1. The highest BCUT2D eigenvalue weighted by atomic mass is 32.2. The topological polar surface area (TPSA) is 148 Å². The monoisotopic (exact) mass is 391 g/mol. The zero-order valence-electron chi connectivity index (χ0n) is 13.6. The first kappa shape index (κ1) is 20.0. The molecular weight excluding hydrogens is 373 g/mol. The van der Waals surface area contributed by atoms with Crippen molar-refractivity contribution in [3.8, 4) is 5.75 Å². The fourth-order valence-electron chi connectivity index (χ4n) is 2.53. The van der Waals surface area contributed by atoms with E-state index in [1.165, 1.54) is 0 Å². The van der Waals surface area contributed by atoms with Crippen molar-refractivity contribution >= 4 is 21.7 Å². The van der Waals surface area contributed by atoms with Gasteiger partial charge in [0.2, 0.25) is 10.0 Å². The SMILES string of the molecule is O=C(O)CNS(=O)(=O)c1ccc(OC[C@@H]2CNC[C@H]2CF)c([N+](=O)[O-])c1. The first-order valence-electron chi connectivity index (χ1n) is 7.64. The van der Waals surface area contributed by atoms with Gasteiger partial charge in [0.05, 0.1) is 23.1 Å². The fraction of sp³-hybridized carbons (Fsp3) is 0.500. The molecule has 2 atom stereocenters. The summed E-state index contributed by atoms with van der Waals surface area (Å²) in [6, 6.07) is 2.99. The van der Waals surface area contributed by atoms with Crippen LogP contribution in [0.5, 0.6) is 5.75 Å². The quantitative estimate of drug-likeness (QED) is 0.398. The first-order valence-corrected chi connectivity index (χ1v) is 9.12. The number of carboxylic acids is 1. The van der Waals surface area contributed by atoms with Crippen molar-refractivity contribution in [2.24, 2.45) is 11.8 Å². The van der Waals surface area contributed by atoms with Gasteiger partial charge in [0.15, 0.2) is 5.75 Å². The van der Waals surface area contributed by atoms with E-state index >= 15 is 0 Å². The Balaban J connectivity index is 2.18. The molecule has 0 unspecified atom stereocenters. The molecule has 1 aromatic carbocycles. The van der Waals surface area contributed by atoms with Crippen LogP contribution in [0.2, 0.25) is 0 Å². The highest BCUT2D eigenvalue weighted by molar-refractivity contribution is 7.89. The summed E-state index contributed by atoms with van der Waals surface area (Å²) in [7, 11) is -4.22. The van der Waals surface area contributed by atoms with Gasteiger partial charge in [-0.15, -0.1) is 0 Å². The average Bonchev–Trinajstić information content (AvgIpc) is 3.05. The molecule has 3 N–H and O–H groups in total. The van der Waals surface area contributed by atoms with Crippen LogP contribution >= 0.6 is 0 Å². The summed E-state index contributed by atoms with van der Waals surface area (Å²) in [5.41, 5.74) is -0.578. The fourth-order valence-corrected chi connectivity index (χ4v) is 3.52. The molecule has 1 aliphatic heterocycles. The number of rotatable bonds is 9. The normalized spacial score (nSPS) is 20.0. The maximum absolute atomic E-state index is 12.9. The number of carboxylic acid groups (broad SMARTS) is 1. The van der Waals surface area contributed by atoms with Crippen molar-refractivity contribution < 1.29 is 32.4 Å². The Labute approximate surface area is 148 Å². The van der Waals surface area contributed by atoms with Crippen LogP contribution in [0.4, 0.5) is 10.1 Å². The van der Waals surface area contributed by atoms with Gasteiger partial charge in [-0.1, -0.05) is 0 Å². The second-order valence-electron chi connectivity index (χ2n) is 5.75. The van der Waals surface area contributed by atoms with E-state index in [9.17, 15) is 27.7 Å². The molecule has 10 nitrogen and oxygen atoms in total. The van der Waals surface area contributed by atoms with E-state index in [0.717, 1.165) is 18.2 Å². The number of ether oxygens (including phenoxy) is 1. The van der Waals surface area contributed by atoms with Crippen molar-refractivity contribution in [2.75, 3.05) is 32.9 Å². The van der Waals surface area contributed by atoms with Crippen LogP contribution in [0, 0.1) is 22.0 Å². The summed E-state index contributed by atoms with van der Waals surface area (Å²) >= 11 is 0. The van der Waals surface area contributed by atoms with Crippen molar-refractivity contribution in [3.05, 3.63) is 28.3 Å². The van der Waals surface area contributed by atoms with Gasteiger partial charge in [-0.2, -0.15) is 4.72 Å². The third-order valence-corrected chi connectivity index (χ3v) is 5.38. The third-order valence-electron chi connectivity index (χ3n) is 3.98. The zero-order chi connectivity index (χ0) is 19.3. The van der Waals surface area contributed by atoms with Gasteiger partial charge in [-0.05, 0) is 12.1 Å². The van der Waals surface area contributed by atoms with E-state index in [1.807, 2.05) is 4.72 Å². The summed E-state index contributed by atoms with van der Waals surface area (Å²) in [4.78, 5) is 20.5. The summed E-state index contributed by atoms with van der Waals surface area (Å²) in [6.07, 6.45) is 0. The van der Waals surface area contributed by atoms with Crippen LogP contribution in [-0.2, 0) is 14.8 Å². The number of benzene rings is 1. The Morgan fingerprint density at radius 1 is 1.42 bits per heavy atom. The summed E-state index contributed by atoms with van der Waals surface area (Å²) in [6.45, 7) is -0.317. The molecule has 0 aliphatic carbocycles. The number of nitro groups is 1. The molecule has 0 saturated carbocycles. The predicted octanol–water partition coefficient (Wildman–Crippen LogP) is 0.142. The number of nitro benzene ring substituents is 1. The molecule has 0 spiro atoms. The second kappa shape index (κ2) is 8.38. The second-order valence-corrected chi connectivity index (χ2v) is 7.52. The molecule has 1 fully saturated rings. The Bertz CT molecular complexity index is 787. The van der Waals surface area contributed by atoms with Crippen LogP contribution < -0.4 is 14.8 Å². The summed E-state index contributed by atoms with van der Waals surface area (Å²) in [5, 5.41) is 22.8. The molecule has 0 aromatic heterocycles. The van der Waals surface area contributed by atoms with Gasteiger partial charge >= 0.3 is 11.7 Å². The maximum Gasteiger partial charge on any atom is 0.318 e. The molecule has 1 heterocycles. The number of hydrogen-bond acceptors (Lipinski definition) is 7. The highest BCUT2D eigenvalue weighted by Gasteiger charge is 2.29. The van der Waals surface area contributed by atoms with Crippen LogP contribution in [0.25, 0.3) is 0 Å². The summed E-state index contributed by atoms with van der Waals surface area (Å²) < 4.78 is 44.1. The maximum atomic E-state index is 12.9. The van der Waals surface area contributed by atoms with E-state index in [1.54, 1.807) is 0 Å². The van der Waals surface area contributed by atoms with E-state index < -0.39 is 44.7 Å². The molecule has 0 radical (unpaired) electrons. The number of hydrogen-bond donors (Lipinski definition) is 3. The summed E-state index contributed by atoms with van der Waals surface area (Å²) in [5.74, 6) is -1.93. The Morgan fingerprint density at radius 2 is 2.12 bits per heavy atom. The molecule has 144 valence electrons. The zero-order valence-corrected chi connectivity index (χ0v) is 14.4. The smallest absolute Gasteiger partial charge is 0.318 e. The van der Waals surface area contributed by atoms with Crippen molar-refractivity contribution in [1.82, 2.24) is 10.0 Å². The van der Waals surface area contributed by atoms with Crippen molar-refractivity contribution in [1.29, 1.82) is 0 Å². The van der Waals surface area contributed by atoms with Crippen LogP contribution in [0.1, 0.15) is 0 Å². The largest absolute Gasteiger partial charge is 0.486 e. The number of nitrogens with zero attached hydrogens (tertiary/aromatic N) is 1. The minimum absolute atomic E-state index is 0.0474. The highest BCUT2D eigenvalue weighted by Crippen LogP contribution is 2.31. The number of aliphatic carboxylic acids is 1. The predicted molar refractivity (Wildman–Crippen MR) is 87.2 cm³/mol. The Morgan fingerprint density at radius 3 is 2.73 bits per heavy atom. The molecular formula is C14H18FN3O7S. The molecule has 1 aliphatic rings. The van der Waals surface area contributed by atoms with Crippen LogP contribution in [0.15, 0.2) is 23.1 Å². The van der Waals surface area contributed by atoms with Gasteiger partial charge in [-0.25, -0.2) is 8.42 Å². The number of halogens is 1. The lowest BCUT2D eigenvalue weighted by molar-refractivity contribution is -0.386. The third kappa shape index (κ3) is 4.86.